The molecule has 4 heteroatoms. The van der Waals surface area contributed by atoms with Gasteiger partial charge >= 0.3 is 0 Å². The van der Waals surface area contributed by atoms with Crippen LogP contribution >= 0.6 is 0 Å². The van der Waals surface area contributed by atoms with E-state index in [-0.39, 0.29) is 13.2 Å². The highest BCUT2D eigenvalue weighted by Crippen LogP contribution is 2.17. The first kappa shape index (κ1) is 20.0. The van der Waals surface area contributed by atoms with Crippen molar-refractivity contribution in [3.63, 3.8) is 0 Å². The lowest BCUT2D eigenvalue weighted by molar-refractivity contribution is -0.596. The minimum atomic E-state index is 0.174. The minimum absolute atomic E-state index is 0.174. The summed E-state index contributed by atoms with van der Waals surface area (Å²) in [5.41, 5.74) is 6.79. The van der Waals surface area contributed by atoms with E-state index in [0.29, 0.717) is 12.8 Å². The summed E-state index contributed by atoms with van der Waals surface area (Å²) < 4.78 is 4.17. The summed E-state index contributed by atoms with van der Waals surface area (Å²) in [6, 6.07) is 25.0. The van der Waals surface area contributed by atoms with E-state index in [1.165, 1.54) is 0 Å². The molecule has 0 amide bonds. The van der Waals surface area contributed by atoms with Gasteiger partial charge in [0.05, 0.1) is 0 Å². The van der Waals surface area contributed by atoms with Gasteiger partial charge in [-0.05, 0) is 35.1 Å². The van der Waals surface area contributed by atoms with Gasteiger partial charge in [-0.2, -0.15) is 9.13 Å². The van der Waals surface area contributed by atoms with E-state index >= 15 is 0 Å². The van der Waals surface area contributed by atoms with Crippen LogP contribution in [0.25, 0.3) is 22.5 Å². The van der Waals surface area contributed by atoms with E-state index < -0.39 is 0 Å². The van der Waals surface area contributed by atoms with E-state index in [1.54, 1.807) is 0 Å². The van der Waals surface area contributed by atoms with Crippen LogP contribution in [0.3, 0.4) is 0 Å². The van der Waals surface area contributed by atoms with E-state index in [0.717, 1.165) is 33.6 Å². The van der Waals surface area contributed by atoms with Crippen LogP contribution in [-0.4, -0.2) is 23.4 Å². The standard InChI is InChI=1S/C26H26N2O2/c29-19-13-21-1-5-25(6-2-21)27-15-9-23(10-16-27)24-11-17-28(18-12-24)26-7-3-22(4-8-26)14-20-30/h1-12,15-18,29-30H,13-14,19-20H2/q+2. The fourth-order valence-corrected chi connectivity index (χ4v) is 3.51. The van der Waals surface area contributed by atoms with Crippen LogP contribution in [0.1, 0.15) is 11.1 Å². The van der Waals surface area contributed by atoms with Crippen molar-refractivity contribution >= 4 is 0 Å². The quantitative estimate of drug-likeness (QED) is 0.470. The molecule has 0 aliphatic heterocycles. The summed E-state index contributed by atoms with van der Waals surface area (Å²) in [5, 5.41) is 18.1. The van der Waals surface area contributed by atoms with Crippen LogP contribution in [0.5, 0.6) is 0 Å². The molecule has 0 radical (unpaired) electrons. The molecule has 0 saturated heterocycles. The Morgan fingerprint density at radius 2 is 0.800 bits per heavy atom. The van der Waals surface area contributed by atoms with Crippen LogP contribution in [0.15, 0.2) is 97.6 Å². The third kappa shape index (κ3) is 4.62. The second-order valence-electron chi connectivity index (χ2n) is 7.27. The third-order valence-electron chi connectivity index (χ3n) is 5.26. The summed E-state index contributed by atoms with van der Waals surface area (Å²) in [6.45, 7) is 0.348. The number of benzene rings is 2. The molecule has 0 saturated carbocycles. The first-order valence-corrected chi connectivity index (χ1v) is 10.2. The van der Waals surface area contributed by atoms with Crippen LogP contribution in [0.4, 0.5) is 0 Å². The van der Waals surface area contributed by atoms with Crippen LogP contribution in [0, 0.1) is 0 Å². The Bertz CT molecular complexity index is 981. The zero-order valence-electron chi connectivity index (χ0n) is 16.9. The average Bonchev–Trinajstić information content (AvgIpc) is 2.81. The molecule has 2 aromatic heterocycles. The number of hydrogen-bond donors (Lipinski definition) is 2. The smallest absolute Gasteiger partial charge is 0.210 e. The molecule has 0 unspecified atom stereocenters. The van der Waals surface area contributed by atoms with Gasteiger partial charge in [-0.3, -0.25) is 0 Å². The maximum Gasteiger partial charge on any atom is 0.210 e. The number of aliphatic hydroxyl groups excluding tert-OH is 2. The molecule has 4 rings (SSSR count). The van der Waals surface area contributed by atoms with E-state index in [9.17, 15) is 0 Å². The lowest BCUT2D eigenvalue weighted by Gasteiger charge is -2.03. The summed E-state index contributed by atoms with van der Waals surface area (Å²) in [6.07, 6.45) is 9.64. The number of rotatable bonds is 7. The Morgan fingerprint density at radius 3 is 1.10 bits per heavy atom. The molecule has 2 N–H and O–H groups in total. The Hall–Kier alpha value is -3.34. The lowest BCUT2D eigenvalue weighted by atomic mass is 10.1. The first-order chi connectivity index (χ1) is 14.8. The Morgan fingerprint density at radius 1 is 0.467 bits per heavy atom. The van der Waals surface area contributed by atoms with Crippen LogP contribution < -0.4 is 9.13 Å². The second kappa shape index (κ2) is 9.44. The molecular formula is C26H26N2O2+2. The zero-order chi connectivity index (χ0) is 20.8. The number of nitrogens with zero attached hydrogens (tertiary/aromatic N) is 2. The third-order valence-corrected chi connectivity index (χ3v) is 5.26. The SMILES string of the molecule is OCCc1ccc(-[n+]2ccc(-c3cc[n+](-c4ccc(CCO)cc4)cc3)cc2)cc1. The normalized spacial score (nSPS) is 10.9. The van der Waals surface area contributed by atoms with Crippen molar-refractivity contribution in [2.45, 2.75) is 12.8 Å². The number of pyridine rings is 2. The summed E-state index contributed by atoms with van der Waals surface area (Å²) >= 11 is 0. The Balaban J connectivity index is 1.49. The van der Waals surface area contributed by atoms with Crippen molar-refractivity contribution in [3.05, 3.63) is 109 Å². The van der Waals surface area contributed by atoms with Crippen molar-refractivity contribution in [2.24, 2.45) is 0 Å². The zero-order valence-corrected chi connectivity index (χ0v) is 16.9. The molecule has 0 aliphatic rings. The molecule has 150 valence electrons. The molecule has 30 heavy (non-hydrogen) atoms. The molecule has 2 heterocycles. The van der Waals surface area contributed by atoms with Crippen LogP contribution in [-0.2, 0) is 12.8 Å². The second-order valence-corrected chi connectivity index (χ2v) is 7.27. The van der Waals surface area contributed by atoms with Gasteiger partial charge in [-0.25, -0.2) is 0 Å². The maximum absolute atomic E-state index is 9.04. The molecule has 4 nitrogen and oxygen atoms in total. The largest absolute Gasteiger partial charge is 0.396 e. The number of aromatic nitrogens is 2. The van der Waals surface area contributed by atoms with Gasteiger partial charge < -0.3 is 10.2 Å². The monoisotopic (exact) mass is 398 g/mol. The number of aliphatic hydroxyl groups is 2. The van der Waals surface area contributed by atoms with Gasteiger partial charge in [0.15, 0.2) is 24.8 Å². The van der Waals surface area contributed by atoms with Crippen molar-refractivity contribution in [2.75, 3.05) is 13.2 Å². The fraction of sp³-hybridized carbons (Fsp3) is 0.154. The highest BCUT2D eigenvalue weighted by molar-refractivity contribution is 5.61. The van der Waals surface area contributed by atoms with Gasteiger partial charge in [0, 0.05) is 61.7 Å². The highest BCUT2D eigenvalue weighted by Gasteiger charge is 2.09. The van der Waals surface area contributed by atoms with Gasteiger partial charge in [-0.1, -0.05) is 24.3 Å². The molecule has 0 atom stereocenters. The highest BCUT2D eigenvalue weighted by atomic mass is 16.3. The van der Waals surface area contributed by atoms with Crippen molar-refractivity contribution in [3.8, 4) is 22.5 Å². The van der Waals surface area contributed by atoms with Crippen molar-refractivity contribution in [1.29, 1.82) is 0 Å². The van der Waals surface area contributed by atoms with Gasteiger partial charge in [0.1, 0.15) is 0 Å². The minimum Gasteiger partial charge on any atom is -0.396 e. The van der Waals surface area contributed by atoms with Gasteiger partial charge in [0.25, 0.3) is 0 Å². The molecule has 0 spiro atoms. The molecule has 2 aromatic carbocycles. The maximum atomic E-state index is 9.04. The van der Waals surface area contributed by atoms with E-state index in [4.69, 9.17) is 10.2 Å². The predicted octanol–water partition coefficient (Wildman–Crippen LogP) is 2.98. The van der Waals surface area contributed by atoms with Crippen molar-refractivity contribution in [1.82, 2.24) is 0 Å². The van der Waals surface area contributed by atoms with Crippen molar-refractivity contribution < 1.29 is 19.3 Å². The summed E-state index contributed by atoms with van der Waals surface area (Å²) in [7, 11) is 0. The Kier molecular flexibility index (Phi) is 6.28. The predicted molar refractivity (Wildman–Crippen MR) is 117 cm³/mol. The number of hydrogen-bond acceptors (Lipinski definition) is 2. The lowest BCUT2D eigenvalue weighted by Crippen LogP contribution is -2.29. The molecule has 4 aromatic rings. The fourth-order valence-electron chi connectivity index (χ4n) is 3.51. The average molecular weight is 399 g/mol. The first-order valence-electron chi connectivity index (χ1n) is 10.2. The summed E-state index contributed by atoms with van der Waals surface area (Å²) in [4.78, 5) is 0. The topological polar surface area (TPSA) is 48.2 Å². The van der Waals surface area contributed by atoms with Gasteiger partial charge in [0.2, 0.25) is 11.4 Å². The van der Waals surface area contributed by atoms with Crippen LogP contribution in [0.2, 0.25) is 0 Å². The molecule has 0 aliphatic carbocycles. The summed E-state index contributed by atoms with van der Waals surface area (Å²) in [5.74, 6) is 0. The van der Waals surface area contributed by atoms with E-state index in [2.05, 4.69) is 107 Å². The molecule has 0 fully saturated rings. The Labute approximate surface area is 177 Å². The molecule has 0 bridgehead atoms. The van der Waals surface area contributed by atoms with E-state index in [1.807, 2.05) is 0 Å². The van der Waals surface area contributed by atoms with Gasteiger partial charge in [-0.15, -0.1) is 0 Å². The molecular weight excluding hydrogens is 372 g/mol.